The first kappa shape index (κ1) is 16.6. The van der Waals surface area contributed by atoms with E-state index in [1.807, 2.05) is 0 Å². The van der Waals surface area contributed by atoms with E-state index < -0.39 is 0 Å². The molecule has 3 heteroatoms. The van der Waals surface area contributed by atoms with Gasteiger partial charge in [0, 0.05) is 10.0 Å². The Morgan fingerprint density at radius 1 is 1.21 bits per heavy atom. The molecule has 4 atom stereocenters. The van der Waals surface area contributed by atoms with Gasteiger partial charge in [0.1, 0.15) is 0 Å². The lowest BCUT2D eigenvalue weighted by molar-refractivity contribution is -0.138. The van der Waals surface area contributed by atoms with Crippen molar-refractivity contribution in [1.82, 2.24) is 0 Å². The Kier molecular flexibility index (Phi) is 3.87. The van der Waals surface area contributed by atoms with Crippen molar-refractivity contribution >= 4 is 27.5 Å². The van der Waals surface area contributed by atoms with E-state index in [2.05, 4.69) is 60.2 Å². The second kappa shape index (κ2) is 5.59. The van der Waals surface area contributed by atoms with E-state index in [1.165, 1.54) is 30.4 Å². The fourth-order valence-corrected chi connectivity index (χ4v) is 7.46. The largest absolute Gasteiger partial charge is 0.325 e. The number of hydrogen-bond donors (Lipinski definition) is 1. The minimum Gasteiger partial charge on any atom is -0.325 e. The topological polar surface area (TPSA) is 29.1 Å². The lowest BCUT2D eigenvalue weighted by Gasteiger charge is -2.59. The van der Waals surface area contributed by atoms with E-state index in [0.29, 0.717) is 5.92 Å². The van der Waals surface area contributed by atoms with Gasteiger partial charge in [-0.25, -0.2) is 0 Å². The summed E-state index contributed by atoms with van der Waals surface area (Å²) in [6.45, 7) is 6.50. The molecule has 0 saturated heterocycles. The van der Waals surface area contributed by atoms with Crippen molar-refractivity contribution in [2.24, 2.45) is 17.3 Å². The Balaban J connectivity index is 1.64. The molecule has 1 N–H and O–H groups in total. The molecule has 1 aromatic rings. The first-order valence-corrected chi connectivity index (χ1v) is 10.2. The smallest absolute Gasteiger partial charge is 0.230 e. The molecule has 2 unspecified atom stereocenters. The molecule has 4 aliphatic rings. The van der Waals surface area contributed by atoms with E-state index in [9.17, 15) is 4.79 Å². The Bertz CT molecular complexity index is 666. The maximum Gasteiger partial charge on any atom is 0.230 e. The number of alkyl halides is 1. The van der Waals surface area contributed by atoms with Gasteiger partial charge in [-0.15, -0.1) is 0 Å². The van der Waals surface area contributed by atoms with E-state index in [4.69, 9.17) is 0 Å². The number of halogens is 1. The average Bonchev–Trinajstić information content (AvgIpc) is 2.46. The monoisotopic (exact) mass is 389 g/mol. The number of rotatable bonds is 3. The second-order valence-electron chi connectivity index (χ2n) is 9.04. The van der Waals surface area contributed by atoms with Crippen LogP contribution < -0.4 is 5.32 Å². The summed E-state index contributed by atoms with van der Waals surface area (Å²) in [6.07, 6.45) is 7.06. The van der Waals surface area contributed by atoms with Gasteiger partial charge in [0.25, 0.3) is 0 Å². The Labute approximate surface area is 153 Å². The summed E-state index contributed by atoms with van der Waals surface area (Å²) < 4.78 is 0.223. The van der Waals surface area contributed by atoms with Gasteiger partial charge in [-0.2, -0.15) is 0 Å². The SMILES string of the molecule is Cc1cccc(C(C)C)c1NC(=O)C12C[C@@H]3C[C@@H](CC(Br)(C3)C1)C2. The highest BCUT2D eigenvalue weighted by atomic mass is 79.9. The van der Waals surface area contributed by atoms with E-state index in [-0.39, 0.29) is 15.6 Å². The van der Waals surface area contributed by atoms with Crippen LogP contribution in [-0.4, -0.2) is 10.2 Å². The summed E-state index contributed by atoms with van der Waals surface area (Å²) >= 11 is 4.02. The van der Waals surface area contributed by atoms with Crippen molar-refractivity contribution in [1.29, 1.82) is 0 Å². The van der Waals surface area contributed by atoms with Gasteiger partial charge in [0.05, 0.1) is 5.41 Å². The van der Waals surface area contributed by atoms with Crippen LogP contribution in [0.5, 0.6) is 0 Å². The van der Waals surface area contributed by atoms with E-state index >= 15 is 0 Å². The minimum atomic E-state index is -0.149. The molecule has 0 aromatic heterocycles. The number of benzene rings is 1. The predicted octanol–water partition coefficient (Wildman–Crippen LogP) is 5.79. The molecule has 0 spiro atoms. The summed E-state index contributed by atoms with van der Waals surface area (Å²) in [5.74, 6) is 2.16. The van der Waals surface area contributed by atoms with Gasteiger partial charge in [0.2, 0.25) is 5.91 Å². The quantitative estimate of drug-likeness (QED) is 0.650. The molecule has 0 aliphatic heterocycles. The van der Waals surface area contributed by atoms with Crippen LogP contribution in [0.15, 0.2) is 18.2 Å². The lowest BCUT2D eigenvalue weighted by Crippen LogP contribution is -2.57. The van der Waals surface area contributed by atoms with Crippen LogP contribution in [0.25, 0.3) is 0 Å². The molecule has 1 amide bonds. The molecule has 24 heavy (non-hydrogen) atoms. The fraction of sp³-hybridized carbons (Fsp3) is 0.667. The number of aryl methyl sites for hydroxylation is 1. The molecule has 4 saturated carbocycles. The number of carbonyl (C=O) groups is 1. The zero-order valence-corrected chi connectivity index (χ0v) is 16.6. The maximum atomic E-state index is 13.4. The number of hydrogen-bond acceptors (Lipinski definition) is 1. The van der Waals surface area contributed by atoms with Crippen molar-refractivity contribution < 1.29 is 4.79 Å². The molecule has 0 heterocycles. The summed E-state index contributed by atoms with van der Waals surface area (Å²) in [5.41, 5.74) is 3.33. The van der Waals surface area contributed by atoms with Crippen LogP contribution >= 0.6 is 15.9 Å². The number of anilines is 1. The Hall–Kier alpha value is -0.830. The maximum absolute atomic E-state index is 13.4. The first-order valence-electron chi connectivity index (χ1n) is 9.40. The van der Waals surface area contributed by atoms with Crippen LogP contribution in [0.2, 0.25) is 0 Å². The first-order chi connectivity index (χ1) is 11.3. The third-order valence-corrected chi connectivity index (χ3v) is 7.56. The molecule has 130 valence electrons. The molecular formula is C21H28BrNO. The second-order valence-corrected chi connectivity index (χ2v) is 10.7. The number of amides is 1. The zero-order chi connectivity index (χ0) is 17.1. The fourth-order valence-electron chi connectivity index (χ4n) is 6.00. The Morgan fingerprint density at radius 2 is 1.88 bits per heavy atom. The summed E-state index contributed by atoms with van der Waals surface area (Å²) in [6, 6.07) is 6.35. The summed E-state index contributed by atoms with van der Waals surface area (Å²) in [5, 5.41) is 3.37. The third-order valence-electron chi connectivity index (χ3n) is 6.64. The highest BCUT2D eigenvalue weighted by molar-refractivity contribution is 9.10. The van der Waals surface area contributed by atoms with Crippen LogP contribution in [0.4, 0.5) is 5.69 Å². The van der Waals surface area contributed by atoms with Gasteiger partial charge in [0.15, 0.2) is 0 Å². The van der Waals surface area contributed by atoms with Crippen molar-refractivity contribution in [2.45, 2.75) is 69.5 Å². The molecule has 1 aromatic carbocycles. The molecular weight excluding hydrogens is 362 g/mol. The molecule has 0 radical (unpaired) electrons. The van der Waals surface area contributed by atoms with Crippen molar-refractivity contribution in [3.05, 3.63) is 29.3 Å². The van der Waals surface area contributed by atoms with Crippen molar-refractivity contribution in [3.8, 4) is 0 Å². The van der Waals surface area contributed by atoms with E-state index in [1.54, 1.807) is 0 Å². The molecule has 4 fully saturated rings. The number of carbonyl (C=O) groups excluding carboxylic acids is 1. The zero-order valence-electron chi connectivity index (χ0n) is 15.0. The number of nitrogens with one attached hydrogen (secondary N) is 1. The van der Waals surface area contributed by atoms with Gasteiger partial charge < -0.3 is 5.32 Å². The van der Waals surface area contributed by atoms with Crippen LogP contribution in [-0.2, 0) is 4.79 Å². The normalized spacial score (nSPS) is 37.0. The van der Waals surface area contributed by atoms with Gasteiger partial charge >= 0.3 is 0 Å². The molecule has 2 nitrogen and oxygen atoms in total. The van der Waals surface area contributed by atoms with Gasteiger partial charge in [-0.05, 0) is 74.3 Å². The third kappa shape index (κ3) is 2.64. The Morgan fingerprint density at radius 3 is 2.46 bits per heavy atom. The van der Waals surface area contributed by atoms with Crippen molar-refractivity contribution in [3.63, 3.8) is 0 Å². The lowest BCUT2D eigenvalue weighted by atomic mass is 9.49. The predicted molar refractivity (Wildman–Crippen MR) is 103 cm³/mol. The van der Waals surface area contributed by atoms with Crippen LogP contribution in [0, 0.1) is 24.2 Å². The van der Waals surface area contributed by atoms with Crippen LogP contribution in [0.3, 0.4) is 0 Å². The van der Waals surface area contributed by atoms with Gasteiger partial charge in [-0.3, -0.25) is 4.79 Å². The molecule has 4 aliphatic carbocycles. The molecule has 5 rings (SSSR count). The van der Waals surface area contributed by atoms with Crippen molar-refractivity contribution in [2.75, 3.05) is 5.32 Å². The average molecular weight is 390 g/mol. The van der Waals surface area contributed by atoms with E-state index in [0.717, 1.165) is 36.8 Å². The minimum absolute atomic E-state index is 0.149. The standard InChI is InChI=1S/C21H28BrNO/c1-13(2)17-6-4-5-14(3)18(17)23-19(24)20-8-15-7-16(9-20)11-21(22,10-15)12-20/h4-6,13,15-16H,7-12H2,1-3H3,(H,23,24)/t15-,16+,20?,21?. The summed E-state index contributed by atoms with van der Waals surface area (Å²) in [4.78, 5) is 13.4. The highest BCUT2D eigenvalue weighted by Crippen LogP contribution is 2.64. The van der Waals surface area contributed by atoms with Gasteiger partial charge in [-0.1, -0.05) is 48.0 Å². The highest BCUT2D eigenvalue weighted by Gasteiger charge is 2.59. The van der Waals surface area contributed by atoms with Crippen LogP contribution in [0.1, 0.15) is 69.4 Å². The number of para-hydroxylation sites is 1. The molecule has 4 bridgehead atoms. The summed E-state index contributed by atoms with van der Waals surface area (Å²) in [7, 11) is 0.